The molecule has 0 unspecified atom stereocenters. The average Bonchev–Trinajstić information content (AvgIpc) is 3.17. The number of carbonyl (C=O) groups excluding carboxylic acids is 2. The Kier molecular flexibility index (Phi) is 5.62. The van der Waals surface area contributed by atoms with Crippen LogP contribution in [0.2, 0.25) is 0 Å². The number of hydrogen-bond donors (Lipinski definition) is 2. The lowest BCUT2D eigenvalue weighted by atomic mass is 9.92. The Morgan fingerprint density at radius 3 is 2.88 bits per heavy atom. The SMILES string of the molecule is CCn1ccc(C(=O)N2CC[C@@H](NC(=O)c3cccnc3)[C@@H](CO)C2)n1. The van der Waals surface area contributed by atoms with Gasteiger partial charge in [-0.1, -0.05) is 0 Å². The third-order valence-corrected chi connectivity index (χ3v) is 4.68. The van der Waals surface area contributed by atoms with Gasteiger partial charge in [-0.3, -0.25) is 19.3 Å². The first kappa shape index (κ1) is 18.1. The highest BCUT2D eigenvalue weighted by molar-refractivity contribution is 5.94. The van der Waals surface area contributed by atoms with E-state index in [1.165, 1.54) is 6.20 Å². The molecule has 1 fully saturated rings. The molecule has 2 N–H and O–H groups in total. The van der Waals surface area contributed by atoms with Crippen molar-refractivity contribution in [1.29, 1.82) is 0 Å². The maximum Gasteiger partial charge on any atom is 0.274 e. The summed E-state index contributed by atoms with van der Waals surface area (Å²) in [5.74, 6) is -0.586. The van der Waals surface area contributed by atoms with E-state index in [0.29, 0.717) is 37.3 Å². The fourth-order valence-electron chi connectivity index (χ4n) is 3.15. The first-order chi connectivity index (χ1) is 12.6. The van der Waals surface area contributed by atoms with Crippen molar-refractivity contribution in [2.45, 2.75) is 25.9 Å². The van der Waals surface area contributed by atoms with Crippen LogP contribution in [0.3, 0.4) is 0 Å². The molecule has 2 aromatic heterocycles. The molecule has 3 rings (SSSR count). The predicted molar refractivity (Wildman–Crippen MR) is 94.5 cm³/mol. The van der Waals surface area contributed by atoms with E-state index in [0.717, 1.165) is 0 Å². The lowest BCUT2D eigenvalue weighted by Crippen LogP contribution is -2.53. The Hall–Kier alpha value is -2.74. The van der Waals surface area contributed by atoms with Gasteiger partial charge >= 0.3 is 0 Å². The van der Waals surface area contributed by atoms with Gasteiger partial charge in [0.25, 0.3) is 11.8 Å². The van der Waals surface area contributed by atoms with Crippen molar-refractivity contribution in [3.05, 3.63) is 48.0 Å². The van der Waals surface area contributed by atoms with E-state index in [9.17, 15) is 14.7 Å². The summed E-state index contributed by atoms with van der Waals surface area (Å²) in [4.78, 5) is 30.6. The summed E-state index contributed by atoms with van der Waals surface area (Å²) in [5.41, 5.74) is 0.884. The number of carbonyl (C=O) groups is 2. The number of aliphatic hydroxyl groups is 1. The summed E-state index contributed by atoms with van der Waals surface area (Å²) in [6, 6.07) is 4.91. The van der Waals surface area contributed by atoms with Crippen LogP contribution >= 0.6 is 0 Å². The van der Waals surface area contributed by atoms with E-state index in [2.05, 4.69) is 15.4 Å². The monoisotopic (exact) mass is 357 g/mol. The summed E-state index contributed by atoms with van der Waals surface area (Å²) in [6.45, 7) is 3.44. The topological polar surface area (TPSA) is 100 Å². The van der Waals surface area contributed by atoms with E-state index < -0.39 is 0 Å². The van der Waals surface area contributed by atoms with Crippen molar-refractivity contribution in [2.24, 2.45) is 5.92 Å². The molecule has 2 amide bonds. The van der Waals surface area contributed by atoms with Crippen LogP contribution in [-0.2, 0) is 6.54 Å². The van der Waals surface area contributed by atoms with E-state index >= 15 is 0 Å². The van der Waals surface area contributed by atoms with Crippen LogP contribution < -0.4 is 5.32 Å². The number of aromatic nitrogens is 3. The van der Waals surface area contributed by atoms with Gasteiger partial charge in [0.05, 0.1) is 5.56 Å². The second kappa shape index (κ2) is 8.09. The molecule has 8 heteroatoms. The summed E-state index contributed by atoms with van der Waals surface area (Å²) in [7, 11) is 0. The zero-order valence-electron chi connectivity index (χ0n) is 14.7. The molecule has 26 heavy (non-hydrogen) atoms. The number of nitrogens with zero attached hydrogens (tertiary/aromatic N) is 4. The number of aliphatic hydroxyl groups excluding tert-OH is 1. The van der Waals surface area contributed by atoms with Gasteiger partial charge in [0.15, 0.2) is 0 Å². The Morgan fingerprint density at radius 1 is 1.38 bits per heavy atom. The van der Waals surface area contributed by atoms with Crippen LogP contribution in [0.1, 0.15) is 34.2 Å². The minimum Gasteiger partial charge on any atom is -0.396 e. The molecule has 1 aliphatic heterocycles. The fourth-order valence-corrected chi connectivity index (χ4v) is 3.15. The fraction of sp³-hybridized carbons (Fsp3) is 0.444. The van der Waals surface area contributed by atoms with Crippen molar-refractivity contribution >= 4 is 11.8 Å². The number of likely N-dealkylation sites (tertiary alicyclic amines) is 1. The Balaban J connectivity index is 1.63. The Bertz CT molecular complexity index is 761. The Labute approximate surface area is 151 Å². The van der Waals surface area contributed by atoms with Gasteiger partial charge in [0, 0.05) is 56.8 Å². The average molecular weight is 357 g/mol. The van der Waals surface area contributed by atoms with Crippen molar-refractivity contribution < 1.29 is 14.7 Å². The van der Waals surface area contributed by atoms with Gasteiger partial charge in [-0.05, 0) is 31.5 Å². The first-order valence-electron chi connectivity index (χ1n) is 8.76. The summed E-state index contributed by atoms with van der Waals surface area (Å²) in [5, 5.41) is 16.9. The number of hydrogen-bond acceptors (Lipinski definition) is 5. The largest absolute Gasteiger partial charge is 0.396 e. The lowest BCUT2D eigenvalue weighted by molar-refractivity contribution is 0.0528. The number of pyridine rings is 1. The maximum absolute atomic E-state index is 12.6. The van der Waals surface area contributed by atoms with Crippen LogP contribution in [-0.4, -0.2) is 62.3 Å². The highest BCUT2D eigenvalue weighted by atomic mass is 16.3. The number of amides is 2. The second-order valence-corrected chi connectivity index (χ2v) is 6.36. The van der Waals surface area contributed by atoms with Gasteiger partial charge < -0.3 is 15.3 Å². The molecule has 0 saturated carbocycles. The van der Waals surface area contributed by atoms with Crippen LogP contribution in [0.15, 0.2) is 36.8 Å². The molecule has 8 nitrogen and oxygen atoms in total. The highest BCUT2D eigenvalue weighted by Gasteiger charge is 2.33. The third kappa shape index (κ3) is 3.91. The number of nitrogens with one attached hydrogen (secondary N) is 1. The summed E-state index contributed by atoms with van der Waals surface area (Å²) >= 11 is 0. The predicted octanol–water partition coefficient (Wildman–Crippen LogP) is 0.551. The number of rotatable bonds is 5. The molecule has 0 aliphatic carbocycles. The van der Waals surface area contributed by atoms with Crippen LogP contribution in [0.25, 0.3) is 0 Å². The van der Waals surface area contributed by atoms with Crippen molar-refractivity contribution in [1.82, 2.24) is 25.0 Å². The molecule has 0 bridgehead atoms. The maximum atomic E-state index is 12.6. The van der Waals surface area contributed by atoms with Gasteiger partial charge in [0.1, 0.15) is 5.69 Å². The molecule has 3 heterocycles. The van der Waals surface area contributed by atoms with Gasteiger partial charge in [0.2, 0.25) is 0 Å². The first-order valence-corrected chi connectivity index (χ1v) is 8.76. The van der Waals surface area contributed by atoms with Crippen LogP contribution in [0, 0.1) is 5.92 Å². The van der Waals surface area contributed by atoms with E-state index in [1.807, 2.05) is 6.92 Å². The molecule has 0 radical (unpaired) electrons. The van der Waals surface area contributed by atoms with Gasteiger partial charge in [-0.25, -0.2) is 0 Å². The third-order valence-electron chi connectivity index (χ3n) is 4.68. The van der Waals surface area contributed by atoms with Crippen molar-refractivity contribution in [2.75, 3.05) is 19.7 Å². The normalized spacial score (nSPS) is 20.0. The molecule has 0 spiro atoms. The molecular weight excluding hydrogens is 334 g/mol. The summed E-state index contributed by atoms with van der Waals surface area (Å²) in [6.07, 6.45) is 5.47. The second-order valence-electron chi connectivity index (χ2n) is 6.36. The van der Waals surface area contributed by atoms with E-state index in [4.69, 9.17) is 0 Å². The number of aryl methyl sites for hydroxylation is 1. The molecule has 2 atom stereocenters. The van der Waals surface area contributed by atoms with E-state index in [1.54, 1.807) is 40.2 Å². The standard InChI is InChI=1S/C18H23N5O3/c1-2-23-9-6-16(21-23)18(26)22-8-5-15(14(11-22)12-24)20-17(25)13-4-3-7-19-10-13/h3-4,6-7,9-10,14-15,24H,2,5,8,11-12H2,1H3,(H,20,25)/t14-,15-/m1/s1. The van der Waals surface area contributed by atoms with Crippen molar-refractivity contribution in [3.8, 4) is 0 Å². The molecular formula is C18H23N5O3. The van der Waals surface area contributed by atoms with Crippen LogP contribution in [0.5, 0.6) is 0 Å². The molecule has 2 aromatic rings. The zero-order valence-corrected chi connectivity index (χ0v) is 14.7. The molecule has 1 aliphatic rings. The molecule has 0 aromatic carbocycles. The Morgan fingerprint density at radius 2 is 2.23 bits per heavy atom. The smallest absolute Gasteiger partial charge is 0.274 e. The zero-order chi connectivity index (χ0) is 18.5. The lowest BCUT2D eigenvalue weighted by Gasteiger charge is -2.37. The quantitative estimate of drug-likeness (QED) is 0.814. The minimum absolute atomic E-state index is 0.106. The van der Waals surface area contributed by atoms with E-state index in [-0.39, 0.29) is 30.4 Å². The summed E-state index contributed by atoms with van der Waals surface area (Å²) < 4.78 is 1.71. The van der Waals surface area contributed by atoms with Crippen molar-refractivity contribution in [3.63, 3.8) is 0 Å². The van der Waals surface area contributed by atoms with Gasteiger partial charge in [-0.2, -0.15) is 5.10 Å². The number of piperidine rings is 1. The van der Waals surface area contributed by atoms with Crippen LogP contribution in [0.4, 0.5) is 0 Å². The molecule has 138 valence electrons. The highest BCUT2D eigenvalue weighted by Crippen LogP contribution is 2.19. The van der Waals surface area contributed by atoms with Gasteiger partial charge in [-0.15, -0.1) is 0 Å². The molecule has 1 saturated heterocycles. The minimum atomic E-state index is -0.221.